The Morgan fingerprint density at radius 1 is 1.17 bits per heavy atom. The average Bonchev–Trinajstić information content (AvgIpc) is 2.64. The van der Waals surface area contributed by atoms with E-state index in [9.17, 15) is 24.8 Å². The van der Waals surface area contributed by atoms with Crippen molar-refractivity contribution in [1.82, 2.24) is 5.32 Å². The number of carbonyl (C=O) groups excluding carboxylic acids is 2. The Kier molecular flexibility index (Phi) is 7.13. The fourth-order valence-corrected chi connectivity index (χ4v) is 2.34. The van der Waals surface area contributed by atoms with Gasteiger partial charge in [-0.3, -0.25) is 15.4 Å². The average molecular weight is 414 g/mol. The number of nitro benzene ring substituents is 1. The maximum Gasteiger partial charge on any atom is 0.412 e. The van der Waals surface area contributed by atoms with Crippen LogP contribution in [0.4, 0.5) is 10.5 Å². The van der Waals surface area contributed by atoms with Crippen LogP contribution in [-0.4, -0.2) is 27.7 Å². The second-order valence-corrected chi connectivity index (χ2v) is 7.25. The van der Waals surface area contributed by atoms with Gasteiger partial charge in [0.05, 0.1) is 10.5 Å². The first-order chi connectivity index (χ1) is 14.0. The van der Waals surface area contributed by atoms with Crippen molar-refractivity contribution in [2.75, 3.05) is 0 Å². The van der Waals surface area contributed by atoms with Gasteiger partial charge < -0.3 is 14.6 Å². The molecular formula is C21H22N2O7. The number of nitrogens with one attached hydrogen (secondary N) is 1. The van der Waals surface area contributed by atoms with E-state index in [-0.39, 0.29) is 29.3 Å². The highest BCUT2D eigenvalue weighted by molar-refractivity contribution is 5.97. The van der Waals surface area contributed by atoms with Crippen LogP contribution in [0.25, 0.3) is 6.08 Å². The summed E-state index contributed by atoms with van der Waals surface area (Å²) in [6.45, 7) is 4.85. The first-order valence-electron chi connectivity index (χ1n) is 8.95. The summed E-state index contributed by atoms with van der Waals surface area (Å²) in [5.41, 5.74) is -0.963. The number of hydrogen-bond acceptors (Lipinski definition) is 7. The molecule has 2 rings (SSSR count). The van der Waals surface area contributed by atoms with Crippen LogP contribution in [0.15, 0.2) is 54.2 Å². The number of phenolic OH excluding ortho intramolecular Hbond substituents is 1. The second-order valence-electron chi connectivity index (χ2n) is 7.25. The van der Waals surface area contributed by atoms with Gasteiger partial charge >= 0.3 is 12.1 Å². The molecular weight excluding hydrogens is 392 g/mol. The third kappa shape index (κ3) is 6.93. The van der Waals surface area contributed by atoms with Crippen molar-refractivity contribution in [2.24, 2.45) is 0 Å². The highest BCUT2D eigenvalue weighted by Gasteiger charge is 2.22. The van der Waals surface area contributed by atoms with Gasteiger partial charge in [0.15, 0.2) is 0 Å². The molecule has 0 atom stereocenters. The Morgan fingerprint density at radius 2 is 1.83 bits per heavy atom. The summed E-state index contributed by atoms with van der Waals surface area (Å²) >= 11 is 0. The van der Waals surface area contributed by atoms with Crippen molar-refractivity contribution in [2.45, 2.75) is 33.0 Å². The molecule has 2 N–H and O–H groups in total. The first kappa shape index (κ1) is 22.4. The number of phenols is 1. The summed E-state index contributed by atoms with van der Waals surface area (Å²) in [5.74, 6) is -1.18. The number of rotatable bonds is 6. The molecule has 0 unspecified atom stereocenters. The van der Waals surface area contributed by atoms with E-state index in [0.717, 1.165) is 24.3 Å². The Hall–Kier alpha value is -3.88. The van der Waals surface area contributed by atoms with E-state index >= 15 is 0 Å². The van der Waals surface area contributed by atoms with Gasteiger partial charge in [-0.05, 0) is 44.5 Å². The van der Waals surface area contributed by atoms with Gasteiger partial charge in [0.2, 0.25) is 0 Å². The van der Waals surface area contributed by atoms with E-state index < -0.39 is 22.6 Å². The number of carbonyl (C=O) groups is 2. The molecule has 0 aliphatic heterocycles. The van der Waals surface area contributed by atoms with E-state index in [1.54, 1.807) is 45.0 Å². The monoisotopic (exact) mass is 414 g/mol. The Bertz CT molecular complexity index is 963. The maximum atomic E-state index is 12.6. The SMILES string of the molecule is CC(C)(C)OC(=O)N/C(=C\c1cc(O)ccc1[N+](=O)[O-])C(=O)OCc1ccccc1. The third-order valence-electron chi connectivity index (χ3n) is 3.58. The molecule has 9 heteroatoms. The molecule has 0 saturated heterocycles. The molecule has 0 aromatic heterocycles. The smallest absolute Gasteiger partial charge is 0.412 e. The standard InChI is InChI=1S/C21H22N2O7/c1-21(2,3)30-20(26)22-17(19(25)29-13-14-7-5-4-6-8-14)12-15-11-16(24)9-10-18(15)23(27)28/h4-12,24H,13H2,1-3H3,(H,22,26)/b17-12-. The number of esters is 1. The number of hydrogen-bond donors (Lipinski definition) is 2. The molecule has 0 bridgehead atoms. The Morgan fingerprint density at radius 3 is 2.43 bits per heavy atom. The van der Waals surface area contributed by atoms with E-state index in [2.05, 4.69) is 5.32 Å². The lowest BCUT2D eigenvalue weighted by atomic mass is 10.1. The van der Waals surface area contributed by atoms with Crippen molar-refractivity contribution < 1.29 is 29.1 Å². The van der Waals surface area contributed by atoms with Gasteiger partial charge in [0, 0.05) is 6.07 Å². The second kappa shape index (κ2) is 9.55. The molecule has 158 valence electrons. The minimum atomic E-state index is -0.937. The molecule has 0 saturated carbocycles. The molecule has 9 nitrogen and oxygen atoms in total. The molecule has 0 spiro atoms. The van der Waals surface area contributed by atoms with Crippen molar-refractivity contribution >= 4 is 23.8 Å². The zero-order chi connectivity index (χ0) is 22.3. The predicted molar refractivity (Wildman–Crippen MR) is 108 cm³/mol. The van der Waals surface area contributed by atoms with Crippen LogP contribution >= 0.6 is 0 Å². The van der Waals surface area contributed by atoms with Gasteiger partial charge in [-0.15, -0.1) is 0 Å². The van der Waals surface area contributed by atoms with Crippen LogP contribution in [0.5, 0.6) is 5.75 Å². The Labute approximate surface area is 173 Å². The zero-order valence-electron chi connectivity index (χ0n) is 16.7. The lowest BCUT2D eigenvalue weighted by Gasteiger charge is -2.20. The number of alkyl carbamates (subject to hydrolysis) is 1. The number of nitro groups is 1. The third-order valence-corrected chi connectivity index (χ3v) is 3.58. The minimum absolute atomic E-state index is 0.0743. The molecule has 1 amide bonds. The summed E-state index contributed by atoms with van der Waals surface area (Å²) in [6.07, 6.45) is 0.114. The summed E-state index contributed by atoms with van der Waals surface area (Å²) in [4.78, 5) is 35.3. The summed E-state index contributed by atoms with van der Waals surface area (Å²) in [6, 6.07) is 12.2. The van der Waals surface area contributed by atoms with Crippen LogP contribution < -0.4 is 5.32 Å². The van der Waals surface area contributed by atoms with E-state index in [0.29, 0.717) is 5.56 Å². The van der Waals surface area contributed by atoms with Gasteiger partial charge in [-0.25, -0.2) is 9.59 Å². The fraction of sp³-hybridized carbons (Fsp3) is 0.238. The van der Waals surface area contributed by atoms with Crippen LogP contribution in [-0.2, 0) is 20.9 Å². The quantitative estimate of drug-likeness (QED) is 0.317. The molecule has 0 heterocycles. The topological polar surface area (TPSA) is 128 Å². The van der Waals surface area contributed by atoms with Crippen LogP contribution in [0.3, 0.4) is 0 Å². The Balaban J connectivity index is 2.34. The number of ether oxygens (including phenoxy) is 2. The maximum absolute atomic E-state index is 12.6. The number of aromatic hydroxyl groups is 1. The lowest BCUT2D eigenvalue weighted by Crippen LogP contribution is -2.34. The highest BCUT2D eigenvalue weighted by Crippen LogP contribution is 2.25. The molecule has 2 aromatic carbocycles. The summed E-state index contributed by atoms with van der Waals surface area (Å²) < 4.78 is 10.4. The largest absolute Gasteiger partial charge is 0.508 e. The normalized spacial score (nSPS) is 11.5. The van der Waals surface area contributed by atoms with Crippen LogP contribution in [0, 0.1) is 10.1 Å². The van der Waals surface area contributed by atoms with Crippen LogP contribution in [0.2, 0.25) is 0 Å². The number of amides is 1. The molecule has 0 fully saturated rings. The van der Waals surface area contributed by atoms with Gasteiger partial charge in [-0.2, -0.15) is 0 Å². The summed E-state index contributed by atoms with van der Waals surface area (Å²) in [7, 11) is 0. The number of benzene rings is 2. The van der Waals surface area contributed by atoms with E-state index in [4.69, 9.17) is 9.47 Å². The van der Waals surface area contributed by atoms with E-state index in [1.807, 2.05) is 6.07 Å². The summed E-state index contributed by atoms with van der Waals surface area (Å²) in [5, 5.41) is 23.2. The zero-order valence-corrected chi connectivity index (χ0v) is 16.7. The lowest BCUT2D eigenvalue weighted by molar-refractivity contribution is -0.385. The molecule has 2 aromatic rings. The molecule has 0 aliphatic rings. The van der Waals surface area contributed by atoms with Gasteiger partial charge in [0.25, 0.3) is 5.69 Å². The predicted octanol–water partition coefficient (Wildman–Crippen LogP) is 3.91. The van der Waals surface area contributed by atoms with Gasteiger partial charge in [0.1, 0.15) is 23.7 Å². The van der Waals surface area contributed by atoms with Crippen molar-refractivity contribution in [1.29, 1.82) is 0 Å². The number of nitrogens with zero attached hydrogens (tertiary/aromatic N) is 1. The van der Waals surface area contributed by atoms with Crippen LogP contribution in [0.1, 0.15) is 31.9 Å². The van der Waals surface area contributed by atoms with Crippen molar-refractivity contribution in [3.05, 3.63) is 75.5 Å². The van der Waals surface area contributed by atoms with Crippen molar-refractivity contribution in [3.63, 3.8) is 0 Å². The molecule has 0 aliphatic carbocycles. The minimum Gasteiger partial charge on any atom is -0.508 e. The van der Waals surface area contributed by atoms with E-state index in [1.165, 1.54) is 0 Å². The fourth-order valence-electron chi connectivity index (χ4n) is 2.34. The first-order valence-corrected chi connectivity index (χ1v) is 8.95. The van der Waals surface area contributed by atoms with Gasteiger partial charge in [-0.1, -0.05) is 30.3 Å². The van der Waals surface area contributed by atoms with Crippen molar-refractivity contribution in [3.8, 4) is 5.75 Å². The molecule has 30 heavy (non-hydrogen) atoms. The molecule has 0 radical (unpaired) electrons. The highest BCUT2D eigenvalue weighted by atomic mass is 16.6.